The van der Waals surface area contributed by atoms with Crippen LogP contribution in [0, 0.1) is 11.3 Å². The minimum Gasteiger partial charge on any atom is -0.352 e. The van der Waals surface area contributed by atoms with Gasteiger partial charge in [-0.3, -0.25) is 19.4 Å². The summed E-state index contributed by atoms with van der Waals surface area (Å²) in [6, 6.07) is 12.6. The maximum atomic E-state index is 13.8. The molecule has 2 amide bonds. The molecule has 1 N–H and O–H groups in total. The van der Waals surface area contributed by atoms with Gasteiger partial charge in [-0.2, -0.15) is 0 Å². The molecule has 8 heteroatoms. The van der Waals surface area contributed by atoms with Gasteiger partial charge in [0, 0.05) is 40.7 Å². The molecule has 0 unspecified atom stereocenters. The second-order valence-electron chi connectivity index (χ2n) is 11.9. The van der Waals surface area contributed by atoms with Gasteiger partial charge >= 0.3 is 0 Å². The fourth-order valence-electron chi connectivity index (χ4n) is 5.67. The number of benzene rings is 2. The normalized spacial score (nSPS) is 21.3. The molecule has 1 heterocycles. The molecule has 0 saturated heterocycles. The van der Waals surface area contributed by atoms with Gasteiger partial charge in [0.05, 0.1) is 0 Å². The summed E-state index contributed by atoms with van der Waals surface area (Å²) in [6.07, 6.45) is 4.61. The molecular formula is C31H37Cl2N3O3. The molecular weight excluding hydrogens is 533 g/mol. The Bertz CT molecular complexity index is 1250. The highest BCUT2D eigenvalue weighted by Gasteiger charge is 2.49. The fraction of sp³-hybridized carbons (Fsp3) is 0.484. The Kier molecular flexibility index (Phi) is 8.87. The van der Waals surface area contributed by atoms with Gasteiger partial charge in [-0.25, -0.2) is 0 Å². The Hall–Kier alpha value is -2.70. The summed E-state index contributed by atoms with van der Waals surface area (Å²) in [5.74, 6) is 0.320. The Morgan fingerprint density at radius 2 is 1.67 bits per heavy atom. The molecule has 0 bridgehead atoms. The third kappa shape index (κ3) is 6.90. The lowest BCUT2D eigenvalue weighted by atomic mass is 9.69. The number of aliphatic imine (C=N–C) groups is 1. The average molecular weight is 571 g/mol. The maximum absolute atomic E-state index is 13.8. The molecule has 1 aliphatic carbocycles. The van der Waals surface area contributed by atoms with Crippen molar-refractivity contribution in [3.05, 3.63) is 69.2 Å². The molecule has 0 aromatic heterocycles. The predicted molar refractivity (Wildman–Crippen MR) is 157 cm³/mol. The lowest BCUT2D eigenvalue weighted by Gasteiger charge is -2.45. The van der Waals surface area contributed by atoms with Crippen molar-refractivity contribution < 1.29 is 14.4 Å². The molecule has 2 aromatic carbocycles. The minimum atomic E-state index is -0.570. The quantitative estimate of drug-likeness (QED) is 0.393. The SMILES string of the molecule is CC(=O)CCNC(=O)c1ccc(CCN2C(=O)C(c3cc(Cl)cc(Cl)c3)=NC23CCC(C(C)(C)C)CC3)cc1. The van der Waals surface area contributed by atoms with Crippen molar-refractivity contribution in [3.8, 4) is 0 Å². The van der Waals surface area contributed by atoms with Crippen LogP contribution in [0.2, 0.25) is 10.0 Å². The second-order valence-corrected chi connectivity index (χ2v) is 12.7. The first kappa shape index (κ1) is 29.3. The van der Waals surface area contributed by atoms with E-state index >= 15 is 0 Å². The van der Waals surface area contributed by atoms with Crippen LogP contribution >= 0.6 is 23.2 Å². The van der Waals surface area contributed by atoms with Crippen molar-refractivity contribution in [1.29, 1.82) is 0 Å². The van der Waals surface area contributed by atoms with Crippen molar-refractivity contribution in [2.45, 2.75) is 71.9 Å². The number of amides is 2. The molecule has 0 radical (unpaired) electrons. The van der Waals surface area contributed by atoms with E-state index in [-0.39, 0.29) is 23.0 Å². The van der Waals surface area contributed by atoms with Crippen LogP contribution in [0.5, 0.6) is 0 Å². The van der Waals surface area contributed by atoms with Gasteiger partial charge < -0.3 is 10.2 Å². The molecule has 1 fully saturated rings. The predicted octanol–water partition coefficient (Wildman–Crippen LogP) is 6.51. The second kappa shape index (κ2) is 11.8. The summed E-state index contributed by atoms with van der Waals surface area (Å²) < 4.78 is 0. The van der Waals surface area contributed by atoms with E-state index in [1.807, 2.05) is 17.0 Å². The minimum absolute atomic E-state index is 0.0392. The zero-order valence-corrected chi connectivity index (χ0v) is 24.7. The molecule has 2 aromatic rings. The summed E-state index contributed by atoms with van der Waals surface area (Å²) >= 11 is 12.5. The van der Waals surface area contributed by atoms with E-state index in [4.69, 9.17) is 28.2 Å². The van der Waals surface area contributed by atoms with Crippen LogP contribution in [0.15, 0.2) is 47.5 Å². The van der Waals surface area contributed by atoms with E-state index in [0.717, 1.165) is 31.2 Å². The summed E-state index contributed by atoms with van der Waals surface area (Å²) in [5.41, 5.74) is 2.28. The molecule has 0 atom stereocenters. The number of nitrogens with one attached hydrogen (secondary N) is 1. The van der Waals surface area contributed by atoms with Crippen LogP contribution in [0.4, 0.5) is 0 Å². The smallest absolute Gasteiger partial charge is 0.274 e. The van der Waals surface area contributed by atoms with E-state index in [0.29, 0.717) is 58.7 Å². The van der Waals surface area contributed by atoms with E-state index in [9.17, 15) is 14.4 Å². The number of hydrogen-bond donors (Lipinski definition) is 1. The van der Waals surface area contributed by atoms with E-state index < -0.39 is 5.66 Å². The third-order valence-electron chi connectivity index (χ3n) is 8.02. The Morgan fingerprint density at radius 3 is 2.23 bits per heavy atom. The van der Waals surface area contributed by atoms with Crippen molar-refractivity contribution in [2.75, 3.05) is 13.1 Å². The van der Waals surface area contributed by atoms with Gasteiger partial charge in [0.1, 0.15) is 17.2 Å². The van der Waals surface area contributed by atoms with Gasteiger partial charge in [0.2, 0.25) is 0 Å². The van der Waals surface area contributed by atoms with Crippen LogP contribution in [0.1, 0.15) is 81.3 Å². The summed E-state index contributed by atoms with van der Waals surface area (Å²) in [6.45, 7) is 9.19. The largest absolute Gasteiger partial charge is 0.352 e. The van der Waals surface area contributed by atoms with Gasteiger partial charge in [-0.05, 0) is 86.3 Å². The number of Topliss-reactive ketones (excluding diaryl/α,β-unsaturated/α-hetero) is 1. The van der Waals surface area contributed by atoms with Crippen LogP contribution in [-0.2, 0) is 16.0 Å². The molecule has 39 heavy (non-hydrogen) atoms. The average Bonchev–Trinajstić information content (AvgIpc) is 3.12. The van der Waals surface area contributed by atoms with E-state index in [1.54, 1.807) is 30.3 Å². The number of carbonyl (C=O) groups excluding carboxylic acids is 3. The molecule has 4 rings (SSSR count). The van der Waals surface area contributed by atoms with E-state index in [2.05, 4.69) is 26.1 Å². The standard InChI is InChI=1S/C31H37Cl2N3O3/c1-20(37)11-15-34-28(38)22-7-5-21(6-8-22)12-16-36-29(39)27(23-17-25(32)19-26(33)18-23)35-31(36)13-9-24(10-14-31)30(2,3)4/h5-8,17-19,24H,9-16H2,1-4H3,(H,34,38). The zero-order chi connectivity index (χ0) is 28.4. The number of ketones is 1. The molecule has 6 nitrogen and oxygen atoms in total. The van der Waals surface area contributed by atoms with Gasteiger partial charge in [-0.15, -0.1) is 0 Å². The first-order valence-corrected chi connectivity index (χ1v) is 14.4. The zero-order valence-electron chi connectivity index (χ0n) is 23.2. The Balaban J connectivity index is 1.51. The number of rotatable bonds is 8. The maximum Gasteiger partial charge on any atom is 0.274 e. The van der Waals surface area contributed by atoms with E-state index in [1.165, 1.54) is 6.92 Å². The topological polar surface area (TPSA) is 78.8 Å². The molecule has 2 aliphatic rings. The number of hydrogen-bond acceptors (Lipinski definition) is 4. The summed E-state index contributed by atoms with van der Waals surface area (Å²) in [5, 5.41) is 3.72. The highest BCUT2D eigenvalue weighted by Crippen LogP contribution is 2.46. The molecule has 1 aliphatic heterocycles. The van der Waals surface area contributed by atoms with Gasteiger partial charge in [0.15, 0.2) is 0 Å². The van der Waals surface area contributed by atoms with Crippen molar-refractivity contribution in [3.63, 3.8) is 0 Å². The van der Waals surface area contributed by atoms with Gasteiger partial charge in [0.25, 0.3) is 11.8 Å². The van der Waals surface area contributed by atoms with Crippen molar-refractivity contribution >= 4 is 46.5 Å². The van der Waals surface area contributed by atoms with Crippen molar-refractivity contribution in [1.82, 2.24) is 10.2 Å². The van der Waals surface area contributed by atoms with Crippen LogP contribution in [-0.4, -0.2) is 47.0 Å². The number of carbonyl (C=O) groups is 3. The number of halogens is 2. The first-order valence-electron chi connectivity index (χ1n) is 13.6. The monoisotopic (exact) mass is 569 g/mol. The summed E-state index contributed by atoms with van der Waals surface area (Å²) in [7, 11) is 0. The fourth-order valence-corrected chi connectivity index (χ4v) is 6.19. The summed E-state index contributed by atoms with van der Waals surface area (Å²) in [4.78, 5) is 44.3. The Morgan fingerprint density at radius 1 is 1.05 bits per heavy atom. The lowest BCUT2D eigenvalue weighted by Crippen LogP contribution is -2.50. The van der Waals surface area contributed by atoms with Crippen LogP contribution < -0.4 is 5.32 Å². The first-order chi connectivity index (χ1) is 18.4. The third-order valence-corrected chi connectivity index (χ3v) is 8.46. The molecule has 1 spiro atoms. The Labute approximate surface area is 241 Å². The van der Waals surface area contributed by atoms with Crippen LogP contribution in [0.3, 0.4) is 0 Å². The lowest BCUT2D eigenvalue weighted by molar-refractivity contribution is -0.129. The highest BCUT2D eigenvalue weighted by atomic mass is 35.5. The molecule has 1 saturated carbocycles. The van der Waals surface area contributed by atoms with Crippen LogP contribution in [0.25, 0.3) is 0 Å². The molecule has 208 valence electrons. The van der Waals surface area contributed by atoms with Gasteiger partial charge in [-0.1, -0.05) is 56.1 Å². The van der Waals surface area contributed by atoms with Crippen molar-refractivity contribution in [2.24, 2.45) is 16.3 Å². The highest BCUT2D eigenvalue weighted by molar-refractivity contribution is 6.47. The number of nitrogens with zero attached hydrogens (tertiary/aromatic N) is 2.